The number of aryl methyl sites for hydroxylation is 1. The standard InChI is InChI=1S/C14H17FN2O2/c1-17-9-11(8-14(17)19)16-13(18)7-6-10-4-2-3-5-12(10)15/h2-5,11H,6-9H2,1H3,(H,16,18). The lowest BCUT2D eigenvalue weighted by molar-refractivity contribution is -0.126. The normalized spacial score (nSPS) is 18.7. The third kappa shape index (κ3) is 3.53. The minimum atomic E-state index is -0.286. The fraction of sp³-hybridized carbons (Fsp3) is 0.429. The molecule has 1 aromatic carbocycles. The molecule has 5 heteroatoms. The van der Waals surface area contributed by atoms with E-state index >= 15 is 0 Å². The van der Waals surface area contributed by atoms with Gasteiger partial charge in [-0.2, -0.15) is 0 Å². The van der Waals surface area contributed by atoms with Crippen LogP contribution in [-0.2, 0) is 16.0 Å². The summed E-state index contributed by atoms with van der Waals surface area (Å²) >= 11 is 0. The second kappa shape index (κ2) is 5.82. The molecule has 102 valence electrons. The number of rotatable bonds is 4. The van der Waals surface area contributed by atoms with Gasteiger partial charge in [-0.05, 0) is 18.1 Å². The number of benzene rings is 1. The van der Waals surface area contributed by atoms with Crippen molar-refractivity contribution in [3.63, 3.8) is 0 Å². The number of carbonyl (C=O) groups excluding carboxylic acids is 2. The van der Waals surface area contributed by atoms with Gasteiger partial charge in [-0.1, -0.05) is 18.2 Å². The van der Waals surface area contributed by atoms with Crippen LogP contribution in [0.3, 0.4) is 0 Å². The molecular formula is C14H17FN2O2. The van der Waals surface area contributed by atoms with Gasteiger partial charge in [0, 0.05) is 26.4 Å². The Morgan fingerprint density at radius 3 is 2.84 bits per heavy atom. The molecule has 1 fully saturated rings. The van der Waals surface area contributed by atoms with E-state index in [4.69, 9.17) is 0 Å². The molecule has 1 aromatic rings. The molecule has 1 unspecified atom stereocenters. The van der Waals surface area contributed by atoms with Crippen LogP contribution in [0, 0.1) is 5.82 Å². The molecule has 1 aliphatic heterocycles. The van der Waals surface area contributed by atoms with Gasteiger partial charge in [0.1, 0.15) is 5.82 Å². The van der Waals surface area contributed by atoms with E-state index in [2.05, 4.69) is 5.32 Å². The Morgan fingerprint density at radius 2 is 2.21 bits per heavy atom. The summed E-state index contributed by atoms with van der Waals surface area (Å²) in [4.78, 5) is 24.6. The highest BCUT2D eigenvalue weighted by Crippen LogP contribution is 2.11. The zero-order valence-electron chi connectivity index (χ0n) is 10.9. The molecule has 19 heavy (non-hydrogen) atoms. The number of hydrogen-bond donors (Lipinski definition) is 1. The topological polar surface area (TPSA) is 49.4 Å². The van der Waals surface area contributed by atoms with Crippen LogP contribution >= 0.6 is 0 Å². The minimum absolute atomic E-state index is 0.0411. The van der Waals surface area contributed by atoms with Crippen LogP contribution in [0.5, 0.6) is 0 Å². The number of nitrogens with one attached hydrogen (secondary N) is 1. The lowest BCUT2D eigenvalue weighted by Gasteiger charge is -2.12. The largest absolute Gasteiger partial charge is 0.351 e. The van der Waals surface area contributed by atoms with Crippen LogP contribution in [0.15, 0.2) is 24.3 Å². The van der Waals surface area contributed by atoms with Gasteiger partial charge in [-0.15, -0.1) is 0 Å². The van der Waals surface area contributed by atoms with E-state index in [1.807, 2.05) is 0 Å². The molecule has 0 radical (unpaired) electrons. The molecule has 1 N–H and O–H groups in total. The molecular weight excluding hydrogens is 247 g/mol. The summed E-state index contributed by atoms with van der Waals surface area (Å²) in [5.41, 5.74) is 0.539. The van der Waals surface area contributed by atoms with E-state index < -0.39 is 0 Å². The van der Waals surface area contributed by atoms with Crippen LogP contribution in [0.2, 0.25) is 0 Å². The van der Waals surface area contributed by atoms with Gasteiger partial charge in [0.05, 0.1) is 6.04 Å². The molecule has 1 aliphatic rings. The molecule has 0 saturated carbocycles. The molecule has 0 bridgehead atoms. The molecule has 2 rings (SSSR count). The predicted octanol–water partition coefficient (Wildman–Crippen LogP) is 1.11. The van der Waals surface area contributed by atoms with Gasteiger partial charge in [0.15, 0.2) is 0 Å². The maximum Gasteiger partial charge on any atom is 0.224 e. The van der Waals surface area contributed by atoms with Gasteiger partial charge in [-0.25, -0.2) is 4.39 Å². The maximum absolute atomic E-state index is 13.4. The van der Waals surface area contributed by atoms with Crippen LogP contribution < -0.4 is 5.32 Å². The lowest BCUT2D eigenvalue weighted by Crippen LogP contribution is -2.36. The van der Waals surface area contributed by atoms with E-state index in [0.717, 1.165) is 0 Å². The zero-order valence-corrected chi connectivity index (χ0v) is 10.9. The van der Waals surface area contributed by atoms with Crippen molar-refractivity contribution in [3.8, 4) is 0 Å². The van der Waals surface area contributed by atoms with Gasteiger partial charge >= 0.3 is 0 Å². The molecule has 0 aromatic heterocycles. The van der Waals surface area contributed by atoms with Crippen LogP contribution in [0.4, 0.5) is 4.39 Å². The third-order valence-electron chi connectivity index (χ3n) is 3.29. The van der Waals surface area contributed by atoms with E-state index in [1.165, 1.54) is 6.07 Å². The van der Waals surface area contributed by atoms with Crippen molar-refractivity contribution in [2.45, 2.75) is 25.3 Å². The fourth-order valence-electron chi connectivity index (χ4n) is 2.21. The van der Waals surface area contributed by atoms with Crippen molar-refractivity contribution in [3.05, 3.63) is 35.6 Å². The van der Waals surface area contributed by atoms with Crippen LogP contribution in [-0.4, -0.2) is 36.3 Å². The lowest BCUT2D eigenvalue weighted by atomic mass is 10.1. The Balaban J connectivity index is 1.79. The van der Waals surface area contributed by atoms with Gasteiger partial charge in [0.2, 0.25) is 11.8 Å². The Morgan fingerprint density at radius 1 is 1.47 bits per heavy atom. The van der Waals surface area contributed by atoms with E-state index in [-0.39, 0.29) is 30.1 Å². The van der Waals surface area contributed by atoms with Crippen molar-refractivity contribution in [2.24, 2.45) is 0 Å². The van der Waals surface area contributed by atoms with Crippen molar-refractivity contribution in [1.82, 2.24) is 10.2 Å². The summed E-state index contributed by atoms with van der Waals surface area (Å²) in [6.07, 6.45) is 0.951. The Bertz CT molecular complexity index is 490. The van der Waals surface area contributed by atoms with Gasteiger partial charge < -0.3 is 10.2 Å². The monoisotopic (exact) mass is 264 g/mol. The van der Waals surface area contributed by atoms with Gasteiger partial charge in [0.25, 0.3) is 0 Å². The molecule has 0 spiro atoms. The predicted molar refractivity (Wildman–Crippen MR) is 68.9 cm³/mol. The SMILES string of the molecule is CN1CC(NC(=O)CCc2ccccc2F)CC1=O. The van der Waals surface area contributed by atoms with E-state index in [9.17, 15) is 14.0 Å². The second-order valence-electron chi connectivity index (χ2n) is 4.83. The maximum atomic E-state index is 13.4. The first kappa shape index (κ1) is 13.5. The number of halogens is 1. The van der Waals surface area contributed by atoms with E-state index in [1.54, 1.807) is 30.1 Å². The van der Waals surface area contributed by atoms with Crippen LogP contribution in [0.1, 0.15) is 18.4 Å². The average Bonchev–Trinajstić information content (AvgIpc) is 2.67. The van der Waals surface area contributed by atoms with Crippen LogP contribution in [0.25, 0.3) is 0 Å². The van der Waals surface area contributed by atoms with E-state index in [0.29, 0.717) is 24.9 Å². The summed E-state index contributed by atoms with van der Waals surface area (Å²) in [6.45, 7) is 0.546. The summed E-state index contributed by atoms with van der Waals surface area (Å²) in [7, 11) is 1.72. The number of amides is 2. The molecule has 2 amide bonds. The van der Waals surface area contributed by atoms with Gasteiger partial charge in [-0.3, -0.25) is 9.59 Å². The summed E-state index contributed by atoms with van der Waals surface area (Å²) in [5, 5.41) is 2.81. The Kier molecular flexibility index (Phi) is 4.14. The zero-order chi connectivity index (χ0) is 13.8. The number of likely N-dealkylation sites (tertiary alicyclic amines) is 1. The van der Waals surface area contributed by atoms with Crippen molar-refractivity contribution in [2.75, 3.05) is 13.6 Å². The van der Waals surface area contributed by atoms with Crippen molar-refractivity contribution < 1.29 is 14.0 Å². The summed E-state index contributed by atoms with van der Waals surface area (Å²) < 4.78 is 13.4. The average molecular weight is 264 g/mol. The Labute approximate surface area is 111 Å². The number of carbonyl (C=O) groups is 2. The third-order valence-corrected chi connectivity index (χ3v) is 3.29. The first-order chi connectivity index (χ1) is 9.06. The molecule has 1 heterocycles. The van der Waals surface area contributed by atoms with Crippen molar-refractivity contribution >= 4 is 11.8 Å². The fourth-order valence-corrected chi connectivity index (χ4v) is 2.21. The highest BCUT2D eigenvalue weighted by atomic mass is 19.1. The minimum Gasteiger partial charge on any atom is -0.351 e. The number of nitrogens with zero attached hydrogens (tertiary/aromatic N) is 1. The number of hydrogen-bond acceptors (Lipinski definition) is 2. The first-order valence-corrected chi connectivity index (χ1v) is 6.33. The Hall–Kier alpha value is -1.91. The molecule has 0 aliphatic carbocycles. The number of likely N-dealkylation sites (N-methyl/N-ethyl adjacent to an activating group) is 1. The summed E-state index contributed by atoms with van der Waals surface area (Å²) in [6, 6.07) is 6.32. The molecule has 1 saturated heterocycles. The highest BCUT2D eigenvalue weighted by molar-refractivity contribution is 5.82. The quantitative estimate of drug-likeness (QED) is 0.885. The smallest absolute Gasteiger partial charge is 0.224 e. The second-order valence-corrected chi connectivity index (χ2v) is 4.83. The highest BCUT2D eigenvalue weighted by Gasteiger charge is 2.27. The molecule has 4 nitrogen and oxygen atoms in total. The first-order valence-electron chi connectivity index (χ1n) is 6.33. The molecule has 1 atom stereocenters. The summed E-state index contributed by atoms with van der Waals surface area (Å²) in [5.74, 6) is -0.387. The van der Waals surface area contributed by atoms with Crippen molar-refractivity contribution in [1.29, 1.82) is 0 Å².